The van der Waals surface area contributed by atoms with Crippen molar-refractivity contribution in [2.24, 2.45) is 5.41 Å². The molecule has 20 heavy (non-hydrogen) atoms. The van der Waals surface area contributed by atoms with Crippen molar-refractivity contribution >= 4 is 23.9 Å². The zero-order chi connectivity index (χ0) is 15.3. The Morgan fingerprint density at radius 2 is 1.55 bits per heavy atom. The first-order valence-electron chi connectivity index (χ1n) is 6.09. The molecule has 1 fully saturated rings. The minimum atomic E-state index is -1.19. The smallest absolute Gasteiger partial charge is 0.462 e. The van der Waals surface area contributed by atoms with E-state index in [1.807, 2.05) is 0 Å². The van der Waals surface area contributed by atoms with Gasteiger partial charge >= 0.3 is 12.1 Å². The van der Waals surface area contributed by atoms with Gasteiger partial charge in [0.1, 0.15) is 13.2 Å². The fourth-order valence-electron chi connectivity index (χ4n) is 1.23. The highest BCUT2D eigenvalue weighted by Crippen LogP contribution is 2.15. The minimum absolute atomic E-state index is 0.00924. The Bertz CT molecular complexity index is 408. The summed E-state index contributed by atoms with van der Waals surface area (Å²) in [5.41, 5.74) is -0.644. The van der Waals surface area contributed by atoms with Crippen LogP contribution in [-0.4, -0.2) is 42.2 Å². The second-order valence-electron chi connectivity index (χ2n) is 5.16. The highest BCUT2D eigenvalue weighted by atomic mass is 16.8. The Kier molecular flexibility index (Phi) is 5.06. The number of hydrogen-bond donors (Lipinski definition) is 0. The number of carbonyl (C=O) groups excluding carboxylic acids is 4. The normalized spacial score (nSPS) is 15.2. The first-order valence-corrected chi connectivity index (χ1v) is 6.09. The molecule has 0 radical (unpaired) electrons. The summed E-state index contributed by atoms with van der Waals surface area (Å²) < 4.78 is 9.43. The van der Waals surface area contributed by atoms with Gasteiger partial charge in [-0.3, -0.25) is 19.2 Å². The van der Waals surface area contributed by atoms with Gasteiger partial charge < -0.3 is 9.47 Å². The summed E-state index contributed by atoms with van der Waals surface area (Å²) in [6, 6.07) is 0. The second kappa shape index (κ2) is 6.36. The summed E-state index contributed by atoms with van der Waals surface area (Å²) in [5, 5.41) is 0.378. The van der Waals surface area contributed by atoms with Crippen LogP contribution in [-0.2, 0) is 28.7 Å². The van der Waals surface area contributed by atoms with E-state index in [9.17, 15) is 19.2 Å². The number of amides is 2. The van der Waals surface area contributed by atoms with Crippen LogP contribution in [0.5, 0.6) is 0 Å². The van der Waals surface area contributed by atoms with Gasteiger partial charge in [-0.15, -0.1) is 0 Å². The number of imide groups is 1. The third-order valence-electron chi connectivity index (χ3n) is 2.32. The molecule has 1 heterocycles. The average Bonchev–Trinajstić information content (AvgIpc) is 2.65. The van der Waals surface area contributed by atoms with Gasteiger partial charge in [0.05, 0.1) is 5.41 Å². The maximum absolute atomic E-state index is 11.4. The molecule has 112 valence electrons. The Morgan fingerprint density at radius 1 is 1.05 bits per heavy atom. The highest BCUT2D eigenvalue weighted by Gasteiger charge is 2.33. The fourth-order valence-corrected chi connectivity index (χ4v) is 1.23. The molecule has 8 nitrogen and oxygen atoms in total. The Morgan fingerprint density at radius 3 is 2.05 bits per heavy atom. The molecule has 0 N–H and O–H groups in total. The number of ether oxygens (including phenoxy) is 2. The van der Waals surface area contributed by atoms with E-state index >= 15 is 0 Å². The van der Waals surface area contributed by atoms with Crippen LogP contribution in [0.25, 0.3) is 0 Å². The Balaban J connectivity index is 2.23. The summed E-state index contributed by atoms with van der Waals surface area (Å²) in [6.45, 7) is 4.71. The summed E-state index contributed by atoms with van der Waals surface area (Å²) in [4.78, 5) is 49.3. The largest absolute Gasteiger partial charge is 0.534 e. The number of rotatable bonds is 4. The van der Waals surface area contributed by atoms with E-state index in [0.717, 1.165) is 0 Å². The van der Waals surface area contributed by atoms with Crippen LogP contribution in [0.1, 0.15) is 33.6 Å². The summed E-state index contributed by atoms with van der Waals surface area (Å²) >= 11 is 0. The third kappa shape index (κ3) is 4.52. The van der Waals surface area contributed by atoms with Crippen LogP contribution < -0.4 is 0 Å². The first-order chi connectivity index (χ1) is 9.21. The van der Waals surface area contributed by atoms with Crippen molar-refractivity contribution in [3.05, 3.63) is 0 Å². The molecule has 1 aliphatic rings. The van der Waals surface area contributed by atoms with Crippen LogP contribution in [0, 0.1) is 5.41 Å². The molecule has 2 amide bonds. The van der Waals surface area contributed by atoms with Gasteiger partial charge in [0.15, 0.2) is 0 Å². The molecule has 0 aliphatic carbocycles. The van der Waals surface area contributed by atoms with Crippen LogP contribution in [0.3, 0.4) is 0 Å². The van der Waals surface area contributed by atoms with Crippen LogP contribution in [0.15, 0.2) is 0 Å². The van der Waals surface area contributed by atoms with Gasteiger partial charge in [-0.2, -0.15) is 0 Å². The molecule has 1 aliphatic heterocycles. The van der Waals surface area contributed by atoms with Crippen molar-refractivity contribution < 1.29 is 33.5 Å². The Hall–Kier alpha value is -2.12. The van der Waals surface area contributed by atoms with Gasteiger partial charge in [-0.25, -0.2) is 4.79 Å². The van der Waals surface area contributed by atoms with Crippen molar-refractivity contribution in [2.75, 3.05) is 13.2 Å². The van der Waals surface area contributed by atoms with E-state index in [-0.39, 0.29) is 26.1 Å². The lowest BCUT2D eigenvalue weighted by atomic mass is 9.97. The maximum atomic E-state index is 11.4. The second-order valence-corrected chi connectivity index (χ2v) is 5.16. The van der Waals surface area contributed by atoms with E-state index in [4.69, 9.17) is 4.74 Å². The van der Waals surface area contributed by atoms with Gasteiger partial charge in [0.2, 0.25) is 0 Å². The number of nitrogens with zero attached hydrogens (tertiary/aromatic N) is 1. The molecule has 0 atom stereocenters. The number of esters is 1. The van der Waals surface area contributed by atoms with Crippen molar-refractivity contribution in [3.63, 3.8) is 0 Å². The van der Waals surface area contributed by atoms with E-state index in [0.29, 0.717) is 5.06 Å². The first kappa shape index (κ1) is 15.9. The quantitative estimate of drug-likeness (QED) is 0.428. The molecular weight excluding hydrogens is 270 g/mol. The number of hydroxylamine groups is 2. The van der Waals surface area contributed by atoms with Crippen molar-refractivity contribution in [2.45, 2.75) is 33.6 Å². The topological polar surface area (TPSA) is 99.2 Å². The van der Waals surface area contributed by atoms with E-state index < -0.39 is 29.4 Å². The lowest BCUT2D eigenvalue weighted by Gasteiger charge is -2.16. The number of carbonyl (C=O) groups is 4. The van der Waals surface area contributed by atoms with E-state index in [1.165, 1.54) is 0 Å². The summed E-state index contributed by atoms with van der Waals surface area (Å²) in [5.74, 6) is -1.61. The zero-order valence-electron chi connectivity index (χ0n) is 11.6. The van der Waals surface area contributed by atoms with Gasteiger partial charge in [-0.05, 0) is 20.8 Å². The van der Waals surface area contributed by atoms with Crippen molar-refractivity contribution in [1.29, 1.82) is 0 Å². The van der Waals surface area contributed by atoms with Gasteiger partial charge in [0.25, 0.3) is 11.8 Å². The molecule has 1 rings (SSSR count). The minimum Gasteiger partial charge on any atom is -0.462 e. The zero-order valence-corrected chi connectivity index (χ0v) is 11.6. The maximum Gasteiger partial charge on any atom is 0.534 e. The molecular formula is C12H17NO7. The van der Waals surface area contributed by atoms with E-state index in [1.54, 1.807) is 20.8 Å². The molecule has 0 spiro atoms. The lowest BCUT2D eigenvalue weighted by Crippen LogP contribution is -2.32. The molecule has 1 saturated heterocycles. The van der Waals surface area contributed by atoms with Gasteiger partial charge in [-0.1, -0.05) is 5.06 Å². The molecule has 0 saturated carbocycles. The summed E-state index contributed by atoms with van der Waals surface area (Å²) in [6.07, 6.45) is -1.18. The highest BCUT2D eigenvalue weighted by molar-refractivity contribution is 6.01. The molecule has 8 heteroatoms. The van der Waals surface area contributed by atoms with Crippen molar-refractivity contribution in [3.8, 4) is 0 Å². The third-order valence-corrected chi connectivity index (χ3v) is 2.32. The van der Waals surface area contributed by atoms with Crippen LogP contribution >= 0.6 is 0 Å². The van der Waals surface area contributed by atoms with Crippen molar-refractivity contribution in [1.82, 2.24) is 5.06 Å². The molecule has 0 aromatic rings. The average molecular weight is 287 g/mol. The predicted molar refractivity (Wildman–Crippen MR) is 63.9 cm³/mol. The molecule has 0 aromatic carbocycles. The molecule has 0 bridgehead atoms. The Labute approximate surface area is 115 Å². The van der Waals surface area contributed by atoms with E-state index in [2.05, 4.69) is 9.57 Å². The summed E-state index contributed by atoms with van der Waals surface area (Å²) in [7, 11) is 0. The molecule has 0 unspecified atom stereocenters. The number of hydrogen-bond acceptors (Lipinski definition) is 7. The fraction of sp³-hybridized carbons (Fsp3) is 0.667. The SMILES string of the molecule is CC(C)(C)C(=O)OCCOC(=O)ON1C(=O)CCC1=O. The van der Waals surface area contributed by atoms with Crippen LogP contribution in [0.2, 0.25) is 0 Å². The van der Waals surface area contributed by atoms with Gasteiger partial charge in [0, 0.05) is 12.8 Å². The predicted octanol–water partition coefficient (Wildman–Crippen LogP) is 0.793. The monoisotopic (exact) mass is 287 g/mol. The molecule has 0 aromatic heterocycles. The van der Waals surface area contributed by atoms with Crippen LogP contribution in [0.4, 0.5) is 4.79 Å². The standard InChI is InChI=1S/C12H17NO7/c1-12(2,3)10(16)18-6-7-19-11(17)20-13-8(14)4-5-9(13)15/h4-7H2,1-3H3. The lowest BCUT2D eigenvalue weighted by molar-refractivity contribution is -0.177.